The van der Waals surface area contributed by atoms with Gasteiger partial charge in [-0.3, -0.25) is 0 Å². The second-order valence-electron chi connectivity index (χ2n) is 4.94. The summed E-state index contributed by atoms with van der Waals surface area (Å²) >= 11 is 0. The summed E-state index contributed by atoms with van der Waals surface area (Å²) < 4.78 is 5.37. The van der Waals surface area contributed by atoms with E-state index >= 15 is 0 Å². The van der Waals surface area contributed by atoms with Gasteiger partial charge in [-0.25, -0.2) is 0 Å². The van der Waals surface area contributed by atoms with Crippen LogP contribution in [0.15, 0.2) is 12.1 Å². The Morgan fingerprint density at radius 2 is 1.69 bits per heavy atom. The summed E-state index contributed by atoms with van der Waals surface area (Å²) in [6, 6.07) is 4.41. The molecule has 1 aromatic rings. The van der Waals surface area contributed by atoms with Gasteiger partial charge in [-0.05, 0) is 55.4 Å². The van der Waals surface area contributed by atoms with Crippen molar-refractivity contribution in [2.24, 2.45) is 0 Å². The molecule has 0 heterocycles. The zero-order valence-corrected chi connectivity index (χ0v) is 10.7. The van der Waals surface area contributed by atoms with Crippen LogP contribution in [0.4, 0.5) is 0 Å². The van der Waals surface area contributed by atoms with E-state index in [2.05, 4.69) is 26.0 Å². The van der Waals surface area contributed by atoms with Gasteiger partial charge in [-0.15, -0.1) is 0 Å². The van der Waals surface area contributed by atoms with Crippen molar-refractivity contribution >= 4 is 0 Å². The largest absolute Gasteiger partial charge is 0.496 e. The Bertz CT molecular complexity index is 362. The molecular formula is C15H22O. The predicted molar refractivity (Wildman–Crippen MR) is 68.3 cm³/mol. The molecule has 1 aromatic carbocycles. The Labute approximate surface area is 98.8 Å². The normalized spacial score (nSPS) is 17.4. The summed E-state index contributed by atoms with van der Waals surface area (Å²) in [7, 11) is 1.75. The van der Waals surface area contributed by atoms with Crippen LogP contribution in [0.3, 0.4) is 0 Å². The molecule has 1 saturated carbocycles. The average molecular weight is 218 g/mol. The van der Waals surface area contributed by atoms with Crippen LogP contribution in [0.1, 0.15) is 54.7 Å². The molecule has 0 aliphatic heterocycles. The molecule has 0 saturated heterocycles. The van der Waals surface area contributed by atoms with Crippen LogP contribution in [-0.2, 0) is 0 Å². The van der Waals surface area contributed by atoms with Crippen LogP contribution in [0.25, 0.3) is 0 Å². The monoisotopic (exact) mass is 218 g/mol. The fourth-order valence-corrected chi connectivity index (χ4v) is 2.89. The molecule has 0 radical (unpaired) electrons. The fraction of sp³-hybridized carbons (Fsp3) is 0.600. The minimum Gasteiger partial charge on any atom is -0.496 e. The maximum atomic E-state index is 5.37. The lowest BCUT2D eigenvalue weighted by Crippen LogP contribution is -2.07. The summed E-state index contributed by atoms with van der Waals surface area (Å²) in [5, 5.41) is 0. The van der Waals surface area contributed by atoms with Crippen LogP contribution in [0.5, 0.6) is 5.75 Å². The molecule has 1 aliphatic rings. The summed E-state index contributed by atoms with van der Waals surface area (Å²) in [5.41, 5.74) is 4.30. The van der Waals surface area contributed by atoms with Gasteiger partial charge in [0.25, 0.3) is 0 Å². The lowest BCUT2D eigenvalue weighted by molar-refractivity contribution is 0.409. The Kier molecular flexibility index (Phi) is 3.52. The first-order valence-electron chi connectivity index (χ1n) is 6.38. The molecule has 88 valence electrons. The number of ether oxygens (including phenoxy) is 1. The minimum atomic E-state index is 0.790. The van der Waals surface area contributed by atoms with Gasteiger partial charge in [0.15, 0.2) is 0 Å². The van der Waals surface area contributed by atoms with Crippen molar-refractivity contribution in [3.8, 4) is 5.75 Å². The highest BCUT2D eigenvalue weighted by Gasteiger charge is 2.18. The Morgan fingerprint density at radius 1 is 1.00 bits per heavy atom. The number of rotatable bonds is 2. The molecular weight excluding hydrogens is 196 g/mol. The average Bonchev–Trinajstić information content (AvgIpc) is 2.34. The molecule has 0 atom stereocenters. The van der Waals surface area contributed by atoms with Gasteiger partial charge in [0.05, 0.1) is 7.11 Å². The van der Waals surface area contributed by atoms with Gasteiger partial charge in [-0.1, -0.05) is 25.3 Å². The van der Waals surface area contributed by atoms with E-state index in [9.17, 15) is 0 Å². The van der Waals surface area contributed by atoms with E-state index in [0.29, 0.717) is 0 Å². The zero-order chi connectivity index (χ0) is 11.5. The first-order chi connectivity index (χ1) is 7.74. The van der Waals surface area contributed by atoms with Crippen molar-refractivity contribution in [1.82, 2.24) is 0 Å². The van der Waals surface area contributed by atoms with Gasteiger partial charge < -0.3 is 4.74 Å². The molecule has 0 spiro atoms. The van der Waals surface area contributed by atoms with E-state index in [4.69, 9.17) is 4.74 Å². The Morgan fingerprint density at radius 3 is 2.31 bits per heavy atom. The van der Waals surface area contributed by atoms with E-state index in [0.717, 1.165) is 11.7 Å². The third-order valence-corrected chi connectivity index (χ3v) is 4.04. The van der Waals surface area contributed by atoms with Crippen LogP contribution in [-0.4, -0.2) is 7.11 Å². The topological polar surface area (TPSA) is 9.23 Å². The van der Waals surface area contributed by atoms with Gasteiger partial charge >= 0.3 is 0 Å². The predicted octanol–water partition coefficient (Wildman–Crippen LogP) is 4.36. The second kappa shape index (κ2) is 4.90. The van der Waals surface area contributed by atoms with E-state index < -0.39 is 0 Å². The zero-order valence-electron chi connectivity index (χ0n) is 10.7. The maximum Gasteiger partial charge on any atom is 0.122 e. The van der Waals surface area contributed by atoms with Crippen molar-refractivity contribution in [3.05, 3.63) is 28.8 Å². The first-order valence-corrected chi connectivity index (χ1v) is 6.38. The summed E-state index contributed by atoms with van der Waals surface area (Å²) in [6.07, 6.45) is 6.95. The highest BCUT2D eigenvalue weighted by Crippen LogP contribution is 2.36. The minimum absolute atomic E-state index is 0.790. The SMILES string of the molecule is COc1ccc(C2CCCCC2)c(C)c1C. The Hall–Kier alpha value is -0.980. The van der Waals surface area contributed by atoms with Gasteiger partial charge in [0.1, 0.15) is 5.75 Å². The number of benzene rings is 1. The van der Waals surface area contributed by atoms with Crippen molar-refractivity contribution in [1.29, 1.82) is 0 Å². The molecule has 0 bridgehead atoms. The number of methoxy groups -OCH3 is 1. The van der Waals surface area contributed by atoms with E-state index in [1.807, 2.05) is 0 Å². The number of hydrogen-bond donors (Lipinski definition) is 0. The molecule has 16 heavy (non-hydrogen) atoms. The molecule has 1 heteroatoms. The van der Waals surface area contributed by atoms with Gasteiger partial charge in [0, 0.05) is 0 Å². The van der Waals surface area contributed by atoms with Crippen molar-refractivity contribution in [2.45, 2.75) is 51.9 Å². The highest BCUT2D eigenvalue weighted by atomic mass is 16.5. The molecule has 0 amide bonds. The molecule has 0 N–H and O–H groups in total. The van der Waals surface area contributed by atoms with E-state index in [-0.39, 0.29) is 0 Å². The molecule has 1 aliphatic carbocycles. The third kappa shape index (κ3) is 2.09. The van der Waals surface area contributed by atoms with E-state index in [1.165, 1.54) is 43.2 Å². The van der Waals surface area contributed by atoms with Gasteiger partial charge in [-0.2, -0.15) is 0 Å². The third-order valence-electron chi connectivity index (χ3n) is 4.04. The maximum absolute atomic E-state index is 5.37. The van der Waals surface area contributed by atoms with E-state index in [1.54, 1.807) is 12.7 Å². The smallest absolute Gasteiger partial charge is 0.122 e. The standard InChI is InChI=1S/C15H22O/c1-11-12(2)15(16-3)10-9-14(11)13-7-5-4-6-8-13/h9-10,13H,4-8H2,1-3H3. The highest BCUT2D eigenvalue weighted by molar-refractivity contribution is 5.45. The molecule has 1 fully saturated rings. The summed E-state index contributed by atoms with van der Waals surface area (Å²) in [6.45, 7) is 4.41. The summed E-state index contributed by atoms with van der Waals surface area (Å²) in [5.74, 6) is 1.82. The lowest BCUT2D eigenvalue weighted by Gasteiger charge is -2.25. The molecule has 0 aromatic heterocycles. The summed E-state index contributed by atoms with van der Waals surface area (Å²) in [4.78, 5) is 0. The first kappa shape index (κ1) is 11.5. The van der Waals surface area contributed by atoms with Crippen molar-refractivity contribution in [3.63, 3.8) is 0 Å². The van der Waals surface area contributed by atoms with Crippen molar-refractivity contribution in [2.75, 3.05) is 7.11 Å². The fourth-order valence-electron chi connectivity index (χ4n) is 2.89. The second-order valence-corrected chi connectivity index (χ2v) is 4.94. The van der Waals surface area contributed by atoms with Crippen LogP contribution in [0, 0.1) is 13.8 Å². The van der Waals surface area contributed by atoms with Crippen LogP contribution >= 0.6 is 0 Å². The van der Waals surface area contributed by atoms with Crippen molar-refractivity contribution < 1.29 is 4.74 Å². The molecule has 0 unspecified atom stereocenters. The number of hydrogen-bond acceptors (Lipinski definition) is 1. The quantitative estimate of drug-likeness (QED) is 0.716. The molecule has 2 rings (SSSR count). The van der Waals surface area contributed by atoms with Crippen LogP contribution in [0.2, 0.25) is 0 Å². The lowest BCUT2D eigenvalue weighted by atomic mass is 9.81. The Balaban J connectivity index is 2.30. The van der Waals surface area contributed by atoms with Crippen LogP contribution < -0.4 is 4.74 Å². The van der Waals surface area contributed by atoms with Gasteiger partial charge in [0.2, 0.25) is 0 Å². The molecule has 1 nitrogen and oxygen atoms in total.